The highest BCUT2D eigenvalue weighted by atomic mass is 16.5. The van der Waals surface area contributed by atoms with Gasteiger partial charge in [0.1, 0.15) is 13.2 Å². The van der Waals surface area contributed by atoms with E-state index in [9.17, 15) is 4.79 Å². The molecule has 1 saturated heterocycles. The number of nitrogens with one attached hydrogen (secondary N) is 1. The Labute approximate surface area is 173 Å². The molecular weight excluding hydrogens is 368 g/mol. The number of rotatable bonds is 5. The van der Waals surface area contributed by atoms with Crippen molar-refractivity contribution in [3.63, 3.8) is 0 Å². The third kappa shape index (κ3) is 4.53. The highest BCUT2D eigenvalue weighted by Gasteiger charge is 2.44. The van der Waals surface area contributed by atoms with Gasteiger partial charge in [-0.2, -0.15) is 0 Å². The monoisotopic (exact) mass is 402 g/mol. The summed E-state index contributed by atoms with van der Waals surface area (Å²) in [6.07, 6.45) is 3.56. The van der Waals surface area contributed by atoms with Crippen LogP contribution in [0.15, 0.2) is 18.2 Å². The molecule has 29 heavy (non-hydrogen) atoms. The lowest BCUT2D eigenvalue weighted by Crippen LogP contribution is -2.50. The Kier molecular flexibility index (Phi) is 6.30. The zero-order valence-electron chi connectivity index (χ0n) is 17.9. The van der Waals surface area contributed by atoms with Gasteiger partial charge in [-0.05, 0) is 55.7 Å². The Morgan fingerprint density at radius 3 is 2.62 bits per heavy atom. The van der Waals surface area contributed by atoms with E-state index < -0.39 is 0 Å². The van der Waals surface area contributed by atoms with Gasteiger partial charge >= 0.3 is 0 Å². The van der Waals surface area contributed by atoms with E-state index in [4.69, 9.17) is 14.2 Å². The summed E-state index contributed by atoms with van der Waals surface area (Å²) in [4.78, 5) is 14.7. The number of amides is 1. The number of ether oxygens (including phenoxy) is 3. The molecule has 5 atom stereocenters. The maximum Gasteiger partial charge on any atom is 0.220 e. The van der Waals surface area contributed by atoms with Gasteiger partial charge in [0.2, 0.25) is 5.91 Å². The lowest BCUT2D eigenvalue weighted by atomic mass is 9.77. The number of fused-ring (bicyclic) bond motifs is 2. The molecule has 3 aliphatic rings. The first-order valence-corrected chi connectivity index (χ1v) is 11.0. The first kappa shape index (κ1) is 20.5. The van der Waals surface area contributed by atoms with E-state index in [1.54, 1.807) is 7.11 Å². The minimum atomic E-state index is 0.103. The van der Waals surface area contributed by atoms with E-state index in [2.05, 4.69) is 23.2 Å². The largest absolute Gasteiger partial charge is 0.488 e. The van der Waals surface area contributed by atoms with Crippen molar-refractivity contribution in [3.05, 3.63) is 23.8 Å². The number of nitrogens with zero attached hydrogens (tertiary/aromatic N) is 1. The fourth-order valence-electron chi connectivity index (χ4n) is 5.14. The summed E-state index contributed by atoms with van der Waals surface area (Å²) in [6.45, 7) is 7.50. The average Bonchev–Trinajstić information content (AvgIpc) is 2.99. The van der Waals surface area contributed by atoms with Gasteiger partial charge in [-0.15, -0.1) is 0 Å². The molecule has 2 aliphatic heterocycles. The van der Waals surface area contributed by atoms with Crippen molar-refractivity contribution in [1.29, 1.82) is 0 Å². The fraction of sp³-hybridized carbons (Fsp3) is 0.696. The molecule has 4 rings (SSSR count). The number of benzene rings is 1. The molecule has 1 unspecified atom stereocenters. The first-order valence-electron chi connectivity index (χ1n) is 11.0. The van der Waals surface area contributed by atoms with Crippen molar-refractivity contribution in [3.8, 4) is 11.5 Å². The minimum Gasteiger partial charge on any atom is -0.488 e. The van der Waals surface area contributed by atoms with Crippen molar-refractivity contribution in [2.75, 3.05) is 33.4 Å². The molecule has 160 valence electrons. The topological polar surface area (TPSA) is 60.0 Å². The molecule has 1 N–H and O–H groups in total. The van der Waals surface area contributed by atoms with Crippen LogP contribution in [0.1, 0.15) is 38.2 Å². The van der Waals surface area contributed by atoms with E-state index in [1.807, 2.05) is 19.1 Å². The van der Waals surface area contributed by atoms with Crippen LogP contribution < -0.4 is 14.8 Å². The third-order valence-corrected chi connectivity index (χ3v) is 6.75. The summed E-state index contributed by atoms with van der Waals surface area (Å²) < 4.78 is 17.9. The Bertz CT molecular complexity index is 725. The van der Waals surface area contributed by atoms with Crippen molar-refractivity contribution < 1.29 is 19.0 Å². The smallest absolute Gasteiger partial charge is 0.220 e. The van der Waals surface area contributed by atoms with Crippen LogP contribution in [0.2, 0.25) is 0 Å². The van der Waals surface area contributed by atoms with Gasteiger partial charge in [0.15, 0.2) is 11.5 Å². The molecule has 2 heterocycles. The molecule has 1 aromatic carbocycles. The fourth-order valence-corrected chi connectivity index (χ4v) is 5.14. The quantitative estimate of drug-likeness (QED) is 0.821. The van der Waals surface area contributed by atoms with Crippen LogP contribution in [-0.2, 0) is 9.53 Å². The van der Waals surface area contributed by atoms with Crippen molar-refractivity contribution >= 4 is 5.91 Å². The highest BCUT2D eigenvalue weighted by molar-refractivity contribution is 5.76. The summed E-state index contributed by atoms with van der Waals surface area (Å²) in [5, 5.41) is 3.22. The second-order valence-corrected chi connectivity index (χ2v) is 8.87. The number of likely N-dealkylation sites (tertiary alicyclic amines) is 1. The number of hydrogen-bond acceptors (Lipinski definition) is 5. The third-order valence-electron chi connectivity index (χ3n) is 6.75. The zero-order chi connectivity index (χ0) is 20.4. The van der Waals surface area contributed by atoms with Gasteiger partial charge in [-0.3, -0.25) is 9.69 Å². The summed E-state index contributed by atoms with van der Waals surface area (Å²) in [7, 11) is 1.77. The molecule has 1 saturated carbocycles. The summed E-state index contributed by atoms with van der Waals surface area (Å²) in [5.41, 5.74) is 1.18. The lowest BCUT2D eigenvalue weighted by Gasteiger charge is -2.37. The van der Waals surface area contributed by atoms with Crippen molar-refractivity contribution in [2.24, 2.45) is 11.8 Å². The molecule has 0 bridgehead atoms. The molecule has 0 aromatic heterocycles. The van der Waals surface area contributed by atoms with Gasteiger partial charge < -0.3 is 19.5 Å². The predicted molar refractivity (Wildman–Crippen MR) is 111 cm³/mol. The van der Waals surface area contributed by atoms with Gasteiger partial charge in [0.25, 0.3) is 0 Å². The van der Waals surface area contributed by atoms with Crippen molar-refractivity contribution in [1.82, 2.24) is 10.2 Å². The van der Waals surface area contributed by atoms with Gasteiger partial charge in [0.05, 0.1) is 18.2 Å². The van der Waals surface area contributed by atoms with Crippen LogP contribution in [0.5, 0.6) is 11.5 Å². The van der Waals surface area contributed by atoms with E-state index in [0.717, 1.165) is 43.9 Å². The minimum absolute atomic E-state index is 0.103. The molecule has 6 nitrogen and oxygen atoms in total. The summed E-state index contributed by atoms with van der Waals surface area (Å²) >= 11 is 0. The van der Waals surface area contributed by atoms with E-state index in [1.165, 1.54) is 5.56 Å². The van der Waals surface area contributed by atoms with Crippen LogP contribution in [0.25, 0.3) is 0 Å². The molecule has 0 spiro atoms. The number of hydrogen-bond donors (Lipinski definition) is 1. The Hall–Kier alpha value is -1.79. The molecule has 1 amide bonds. The SMILES string of the molecule is CCCC(=O)N[C@H]1C[C@H]2CN(C3COc4ccc(C)cc4OC3)C[C@H]2C[C@@H]1OC. The van der Waals surface area contributed by atoms with Crippen LogP contribution in [0.4, 0.5) is 0 Å². The van der Waals surface area contributed by atoms with Crippen LogP contribution in [0, 0.1) is 18.8 Å². The average molecular weight is 403 g/mol. The maximum absolute atomic E-state index is 12.1. The van der Waals surface area contributed by atoms with Gasteiger partial charge in [-0.1, -0.05) is 13.0 Å². The zero-order valence-corrected chi connectivity index (χ0v) is 17.9. The molecule has 0 radical (unpaired) electrons. The molecule has 1 aliphatic carbocycles. The lowest BCUT2D eigenvalue weighted by molar-refractivity contribution is -0.123. The maximum atomic E-state index is 12.1. The standard InChI is InChI=1S/C23H34N2O4/c1-4-5-23(26)24-19-9-16-11-25(12-17(16)10-21(19)27-3)18-13-28-20-7-6-15(2)8-22(20)29-14-18/h6-8,16-19,21H,4-5,9-14H2,1-3H3,(H,24,26)/t16-,17+,18?,19-,21-/m0/s1. The molecule has 1 aromatic rings. The van der Waals surface area contributed by atoms with E-state index >= 15 is 0 Å². The summed E-state index contributed by atoms with van der Waals surface area (Å²) in [5.74, 6) is 3.02. The Morgan fingerprint density at radius 1 is 1.17 bits per heavy atom. The van der Waals surface area contributed by atoms with Gasteiger partial charge in [0, 0.05) is 26.6 Å². The van der Waals surface area contributed by atoms with E-state index in [-0.39, 0.29) is 24.1 Å². The number of carbonyl (C=O) groups excluding carboxylic acids is 1. The Morgan fingerprint density at radius 2 is 1.90 bits per heavy atom. The second-order valence-electron chi connectivity index (χ2n) is 8.87. The number of carbonyl (C=O) groups is 1. The molecule has 6 heteroatoms. The van der Waals surface area contributed by atoms with Gasteiger partial charge in [-0.25, -0.2) is 0 Å². The first-order chi connectivity index (χ1) is 14.1. The van der Waals surface area contributed by atoms with Crippen molar-refractivity contribution in [2.45, 2.75) is 57.7 Å². The van der Waals surface area contributed by atoms with E-state index in [0.29, 0.717) is 31.5 Å². The number of aryl methyl sites for hydroxylation is 1. The van der Waals surface area contributed by atoms with Crippen LogP contribution >= 0.6 is 0 Å². The predicted octanol–water partition coefficient (Wildman–Crippen LogP) is 2.78. The van der Waals surface area contributed by atoms with Crippen LogP contribution in [0.3, 0.4) is 0 Å². The molecule has 2 fully saturated rings. The summed E-state index contributed by atoms with van der Waals surface area (Å²) in [6, 6.07) is 6.49. The molecular formula is C23H34N2O4. The normalized spacial score (nSPS) is 31.8. The Balaban J connectivity index is 1.37. The number of methoxy groups -OCH3 is 1. The van der Waals surface area contributed by atoms with Crippen LogP contribution in [-0.4, -0.2) is 62.4 Å². The highest BCUT2D eigenvalue weighted by Crippen LogP contribution is 2.39. The second kappa shape index (κ2) is 8.92.